The first-order valence-corrected chi connectivity index (χ1v) is 6.78. The Bertz CT molecular complexity index is 364. The maximum Gasteiger partial charge on any atom is 0.147 e. The third-order valence-electron chi connectivity index (χ3n) is 3.24. The van der Waals surface area contributed by atoms with E-state index in [9.17, 15) is 5.11 Å². The van der Waals surface area contributed by atoms with Crippen LogP contribution < -0.4 is 10.6 Å². The minimum atomic E-state index is -0.119. The number of aromatic nitrogens is 2. The number of anilines is 2. The number of aliphatic hydroxyl groups is 1. The highest BCUT2D eigenvalue weighted by atomic mass is 16.3. The van der Waals surface area contributed by atoms with Gasteiger partial charge in [0.2, 0.25) is 0 Å². The molecule has 0 aromatic carbocycles. The molecule has 2 rings (SSSR count). The minimum absolute atomic E-state index is 0.119. The molecule has 1 aliphatic rings. The normalized spacial score (nSPS) is 23.7. The van der Waals surface area contributed by atoms with Gasteiger partial charge in [0.05, 0.1) is 18.5 Å². The van der Waals surface area contributed by atoms with Crippen LogP contribution in [-0.4, -0.2) is 33.8 Å². The monoisotopic (exact) mass is 250 g/mol. The van der Waals surface area contributed by atoms with Crippen molar-refractivity contribution in [2.75, 3.05) is 17.2 Å². The van der Waals surface area contributed by atoms with Crippen molar-refractivity contribution in [2.24, 2.45) is 0 Å². The van der Waals surface area contributed by atoms with Gasteiger partial charge in [0.25, 0.3) is 0 Å². The molecule has 5 nitrogen and oxygen atoms in total. The maximum atomic E-state index is 9.47. The van der Waals surface area contributed by atoms with E-state index in [0.29, 0.717) is 6.04 Å². The van der Waals surface area contributed by atoms with Gasteiger partial charge in [0, 0.05) is 12.6 Å². The molecular weight excluding hydrogens is 228 g/mol. The van der Waals surface area contributed by atoms with Crippen molar-refractivity contribution in [3.8, 4) is 0 Å². The van der Waals surface area contributed by atoms with E-state index in [1.165, 1.54) is 0 Å². The Labute approximate surface area is 108 Å². The molecule has 1 aliphatic carbocycles. The zero-order valence-electron chi connectivity index (χ0n) is 10.9. The van der Waals surface area contributed by atoms with Crippen LogP contribution in [0.15, 0.2) is 12.4 Å². The van der Waals surface area contributed by atoms with Gasteiger partial charge in [-0.25, -0.2) is 4.98 Å². The second-order valence-corrected chi connectivity index (χ2v) is 4.87. The summed E-state index contributed by atoms with van der Waals surface area (Å²) in [7, 11) is 0. The molecule has 0 amide bonds. The zero-order valence-corrected chi connectivity index (χ0v) is 10.9. The van der Waals surface area contributed by atoms with Crippen LogP contribution in [0.1, 0.15) is 39.0 Å². The van der Waals surface area contributed by atoms with E-state index >= 15 is 0 Å². The number of rotatable bonds is 5. The fourth-order valence-electron chi connectivity index (χ4n) is 2.20. The fourth-order valence-corrected chi connectivity index (χ4v) is 2.20. The van der Waals surface area contributed by atoms with Crippen molar-refractivity contribution in [3.63, 3.8) is 0 Å². The molecule has 18 heavy (non-hydrogen) atoms. The smallest absolute Gasteiger partial charge is 0.147 e. The molecule has 3 N–H and O–H groups in total. The lowest BCUT2D eigenvalue weighted by Crippen LogP contribution is -2.28. The molecule has 1 saturated carbocycles. The number of hydrogen-bond donors (Lipinski definition) is 3. The lowest BCUT2D eigenvalue weighted by molar-refractivity contribution is 0.126. The Kier molecular flexibility index (Phi) is 4.75. The SMILES string of the molecule is CCCNc1cncc(NC2CCC(O)CC2)n1. The van der Waals surface area contributed by atoms with Crippen LogP contribution in [0.3, 0.4) is 0 Å². The van der Waals surface area contributed by atoms with Gasteiger partial charge in [-0.15, -0.1) is 0 Å². The fraction of sp³-hybridized carbons (Fsp3) is 0.692. The van der Waals surface area contributed by atoms with E-state index < -0.39 is 0 Å². The standard InChI is InChI=1S/C13H22N4O/c1-2-7-15-12-8-14-9-13(17-12)16-10-3-5-11(18)6-4-10/h8-11,18H,2-7H2,1H3,(H2,15,16,17). The van der Waals surface area contributed by atoms with Crippen molar-refractivity contribution < 1.29 is 5.11 Å². The van der Waals surface area contributed by atoms with E-state index in [4.69, 9.17) is 0 Å². The topological polar surface area (TPSA) is 70.1 Å². The molecule has 0 spiro atoms. The average Bonchev–Trinajstić information content (AvgIpc) is 2.40. The van der Waals surface area contributed by atoms with Crippen molar-refractivity contribution in [1.82, 2.24) is 9.97 Å². The lowest BCUT2D eigenvalue weighted by Gasteiger charge is -2.26. The highest BCUT2D eigenvalue weighted by molar-refractivity contribution is 5.42. The average molecular weight is 250 g/mol. The van der Waals surface area contributed by atoms with Gasteiger partial charge in [-0.3, -0.25) is 4.98 Å². The van der Waals surface area contributed by atoms with E-state index in [0.717, 1.165) is 50.3 Å². The Morgan fingerprint density at radius 3 is 2.67 bits per heavy atom. The Hall–Kier alpha value is -1.36. The summed E-state index contributed by atoms with van der Waals surface area (Å²) in [6.07, 6.45) is 8.18. The number of hydrogen-bond acceptors (Lipinski definition) is 5. The van der Waals surface area contributed by atoms with E-state index in [2.05, 4.69) is 27.5 Å². The van der Waals surface area contributed by atoms with Crippen LogP contribution >= 0.6 is 0 Å². The molecule has 100 valence electrons. The highest BCUT2D eigenvalue weighted by Crippen LogP contribution is 2.21. The summed E-state index contributed by atoms with van der Waals surface area (Å²) in [5.74, 6) is 1.63. The molecule has 5 heteroatoms. The van der Waals surface area contributed by atoms with Crippen LogP contribution in [0, 0.1) is 0 Å². The second kappa shape index (κ2) is 6.54. The van der Waals surface area contributed by atoms with Gasteiger partial charge in [0.1, 0.15) is 11.6 Å². The van der Waals surface area contributed by atoms with Gasteiger partial charge in [0.15, 0.2) is 0 Å². The largest absolute Gasteiger partial charge is 0.393 e. The third-order valence-corrected chi connectivity index (χ3v) is 3.24. The first kappa shape index (κ1) is 13.1. The van der Waals surface area contributed by atoms with E-state index in [1.807, 2.05) is 0 Å². The van der Waals surface area contributed by atoms with Gasteiger partial charge in [-0.1, -0.05) is 6.92 Å². The van der Waals surface area contributed by atoms with Gasteiger partial charge < -0.3 is 15.7 Å². The molecule has 0 radical (unpaired) electrons. The predicted octanol–water partition coefficient (Wildman–Crippen LogP) is 2.01. The molecule has 0 bridgehead atoms. The number of nitrogens with zero attached hydrogens (tertiary/aromatic N) is 2. The van der Waals surface area contributed by atoms with Crippen LogP contribution in [0.25, 0.3) is 0 Å². The molecule has 0 saturated heterocycles. The zero-order chi connectivity index (χ0) is 12.8. The summed E-state index contributed by atoms with van der Waals surface area (Å²) >= 11 is 0. The first-order chi connectivity index (χ1) is 8.78. The Balaban J connectivity index is 1.88. The van der Waals surface area contributed by atoms with Gasteiger partial charge >= 0.3 is 0 Å². The molecule has 1 aromatic rings. The summed E-state index contributed by atoms with van der Waals surface area (Å²) in [4.78, 5) is 8.66. The highest BCUT2D eigenvalue weighted by Gasteiger charge is 2.19. The first-order valence-electron chi connectivity index (χ1n) is 6.78. The molecule has 0 aliphatic heterocycles. The van der Waals surface area contributed by atoms with Crippen LogP contribution in [0.5, 0.6) is 0 Å². The molecule has 1 heterocycles. The van der Waals surface area contributed by atoms with Gasteiger partial charge in [-0.2, -0.15) is 0 Å². The number of nitrogens with one attached hydrogen (secondary N) is 2. The third kappa shape index (κ3) is 3.84. The van der Waals surface area contributed by atoms with E-state index in [1.54, 1.807) is 12.4 Å². The van der Waals surface area contributed by atoms with E-state index in [-0.39, 0.29) is 6.10 Å². The van der Waals surface area contributed by atoms with Crippen molar-refractivity contribution in [3.05, 3.63) is 12.4 Å². The Morgan fingerprint density at radius 1 is 1.22 bits per heavy atom. The molecule has 0 unspecified atom stereocenters. The summed E-state index contributed by atoms with van der Waals surface area (Å²) in [5.41, 5.74) is 0. The van der Waals surface area contributed by atoms with Crippen LogP contribution in [0.4, 0.5) is 11.6 Å². The molecule has 0 atom stereocenters. The minimum Gasteiger partial charge on any atom is -0.393 e. The van der Waals surface area contributed by atoms with Crippen LogP contribution in [-0.2, 0) is 0 Å². The summed E-state index contributed by atoms with van der Waals surface area (Å²) in [5, 5.41) is 16.1. The van der Waals surface area contributed by atoms with Crippen molar-refractivity contribution in [2.45, 2.75) is 51.2 Å². The predicted molar refractivity (Wildman–Crippen MR) is 72.7 cm³/mol. The summed E-state index contributed by atoms with van der Waals surface area (Å²) in [6.45, 7) is 3.03. The Morgan fingerprint density at radius 2 is 1.94 bits per heavy atom. The van der Waals surface area contributed by atoms with Gasteiger partial charge in [-0.05, 0) is 32.1 Å². The van der Waals surface area contributed by atoms with Crippen molar-refractivity contribution in [1.29, 1.82) is 0 Å². The second-order valence-electron chi connectivity index (χ2n) is 4.87. The number of aliphatic hydroxyl groups excluding tert-OH is 1. The maximum absolute atomic E-state index is 9.47. The lowest BCUT2D eigenvalue weighted by atomic mass is 9.93. The molecular formula is C13H22N4O. The summed E-state index contributed by atoms with van der Waals surface area (Å²) in [6, 6.07) is 0.407. The molecule has 1 aromatic heterocycles. The van der Waals surface area contributed by atoms with Crippen LogP contribution in [0.2, 0.25) is 0 Å². The summed E-state index contributed by atoms with van der Waals surface area (Å²) < 4.78 is 0. The molecule has 1 fully saturated rings. The quantitative estimate of drug-likeness (QED) is 0.746. The van der Waals surface area contributed by atoms with Crippen molar-refractivity contribution >= 4 is 11.6 Å².